The van der Waals surface area contributed by atoms with Gasteiger partial charge in [-0.1, -0.05) is 6.92 Å². The highest BCUT2D eigenvalue weighted by atomic mass is 16.5. The van der Waals surface area contributed by atoms with Gasteiger partial charge < -0.3 is 14.8 Å². The number of nitrogens with one attached hydrogen (secondary N) is 1. The highest BCUT2D eigenvalue weighted by Crippen LogP contribution is 2.30. The maximum atomic E-state index is 5.52. The molecule has 0 bridgehead atoms. The molecule has 5 nitrogen and oxygen atoms in total. The summed E-state index contributed by atoms with van der Waals surface area (Å²) in [7, 11) is 3.34. The van der Waals surface area contributed by atoms with E-state index in [0.717, 1.165) is 36.6 Å². The minimum absolute atomic E-state index is 0.144. The summed E-state index contributed by atoms with van der Waals surface area (Å²) in [6.07, 6.45) is 4.84. The number of rotatable bonds is 8. The third-order valence-electron chi connectivity index (χ3n) is 3.39. The maximum absolute atomic E-state index is 5.52. The first-order valence-corrected chi connectivity index (χ1v) is 7.21. The van der Waals surface area contributed by atoms with Gasteiger partial charge in [-0.15, -0.1) is 0 Å². The van der Waals surface area contributed by atoms with E-state index in [1.54, 1.807) is 20.4 Å². The summed E-state index contributed by atoms with van der Waals surface area (Å²) in [5.74, 6) is 1.62. The fourth-order valence-corrected chi connectivity index (χ4v) is 2.29. The average molecular weight is 289 g/mol. The van der Waals surface area contributed by atoms with Crippen LogP contribution in [0, 0.1) is 0 Å². The Balaban J connectivity index is 2.26. The number of hydrogen-bond acceptors (Lipinski definition) is 4. The molecule has 0 aliphatic heterocycles. The molecule has 21 heavy (non-hydrogen) atoms. The van der Waals surface area contributed by atoms with Crippen molar-refractivity contribution in [1.29, 1.82) is 0 Å². The van der Waals surface area contributed by atoms with E-state index in [-0.39, 0.29) is 6.04 Å². The second-order valence-corrected chi connectivity index (χ2v) is 4.84. The number of ether oxygens (including phenoxy) is 2. The van der Waals surface area contributed by atoms with Crippen LogP contribution in [0.3, 0.4) is 0 Å². The van der Waals surface area contributed by atoms with Gasteiger partial charge in [0.15, 0.2) is 0 Å². The van der Waals surface area contributed by atoms with Crippen LogP contribution in [-0.4, -0.2) is 30.5 Å². The van der Waals surface area contributed by atoms with Crippen LogP contribution >= 0.6 is 0 Å². The third kappa shape index (κ3) is 3.98. The molecular formula is C16H23N3O2. The predicted molar refractivity (Wildman–Crippen MR) is 82.8 cm³/mol. The van der Waals surface area contributed by atoms with Crippen LogP contribution in [0.15, 0.2) is 36.7 Å². The molecule has 1 N–H and O–H groups in total. The molecule has 1 aromatic carbocycles. The normalized spacial score (nSPS) is 12.1. The number of methoxy groups -OCH3 is 2. The van der Waals surface area contributed by atoms with Crippen molar-refractivity contribution in [2.24, 2.45) is 0 Å². The highest BCUT2D eigenvalue weighted by molar-refractivity contribution is 5.42. The quantitative estimate of drug-likeness (QED) is 0.811. The van der Waals surface area contributed by atoms with E-state index in [1.807, 2.05) is 29.1 Å². The number of benzene rings is 1. The van der Waals surface area contributed by atoms with Crippen LogP contribution < -0.4 is 14.8 Å². The molecule has 1 heterocycles. The van der Waals surface area contributed by atoms with Gasteiger partial charge in [0.2, 0.25) is 0 Å². The minimum atomic E-state index is 0.144. The van der Waals surface area contributed by atoms with Gasteiger partial charge in [0.05, 0.1) is 26.8 Å². The number of nitrogens with zero attached hydrogens (tertiary/aromatic N) is 2. The molecule has 2 aromatic rings. The van der Waals surface area contributed by atoms with Crippen molar-refractivity contribution < 1.29 is 9.47 Å². The van der Waals surface area contributed by atoms with Crippen molar-refractivity contribution in [2.75, 3.05) is 20.8 Å². The Kier molecular flexibility index (Phi) is 5.63. The molecule has 0 aliphatic rings. The largest absolute Gasteiger partial charge is 0.497 e. The molecule has 1 aromatic heterocycles. The minimum Gasteiger partial charge on any atom is -0.497 e. The second-order valence-electron chi connectivity index (χ2n) is 4.84. The average Bonchev–Trinajstić information content (AvgIpc) is 3.03. The van der Waals surface area contributed by atoms with Gasteiger partial charge in [0.25, 0.3) is 0 Å². The van der Waals surface area contributed by atoms with E-state index in [9.17, 15) is 0 Å². The van der Waals surface area contributed by atoms with E-state index < -0.39 is 0 Å². The molecular weight excluding hydrogens is 266 g/mol. The number of aromatic nitrogens is 2. The van der Waals surface area contributed by atoms with E-state index in [2.05, 4.69) is 23.4 Å². The van der Waals surface area contributed by atoms with E-state index in [1.165, 1.54) is 0 Å². The first-order chi connectivity index (χ1) is 10.3. The smallest absolute Gasteiger partial charge is 0.127 e. The van der Waals surface area contributed by atoms with Crippen LogP contribution in [0.4, 0.5) is 0 Å². The summed E-state index contributed by atoms with van der Waals surface area (Å²) in [6.45, 7) is 3.86. The lowest BCUT2D eigenvalue weighted by Gasteiger charge is -2.21. The van der Waals surface area contributed by atoms with Crippen molar-refractivity contribution >= 4 is 0 Å². The van der Waals surface area contributed by atoms with Gasteiger partial charge in [-0.05, 0) is 31.2 Å². The SMILES string of the molecule is CCCNC(Cn1cccn1)c1ccc(OC)cc1OC. The molecule has 0 saturated carbocycles. The summed E-state index contributed by atoms with van der Waals surface area (Å²) in [6, 6.07) is 8.00. The van der Waals surface area contributed by atoms with Crippen LogP contribution in [0.1, 0.15) is 24.9 Å². The van der Waals surface area contributed by atoms with Gasteiger partial charge >= 0.3 is 0 Å². The maximum Gasteiger partial charge on any atom is 0.127 e. The second kappa shape index (κ2) is 7.69. The van der Waals surface area contributed by atoms with Crippen LogP contribution in [-0.2, 0) is 6.54 Å². The zero-order chi connectivity index (χ0) is 15.1. The molecule has 1 unspecified atom stereocenters. The monoisotopic (exact) mass is 289 g/mol. The lowest BCUT2D eigenvalue weighted by Crippen LogP contribution is -2.27. The predicted octanol–water partition coefficient (Wildman–Crippen LogP) is 2.64. The van der Waals surface area contributed by atoms with Gasteiger partial charge in [-0.2, -0.15) is 5.10 Å². The summed E-state index contributed by atoms with van der Waals surface area (Å²) >= 11 is 0. The first kappa shape index (κ1) is 15.4. The molecule has 114 valence electrons. The van der Waals surface area contributed by atoms with Gasteiger partial charge in [0, 0.05) is 24.0 Å². The van der Waals surface area contributed by atoms with Crippen molar-refractivity contribution in [3.05, 3.63) is 42.2 Å². The zero-order valence-electron chi connectivity index (χ0n) is 12.9. The van der Waals surface area contributed by atoms with E-state index in [0.29, 0.717) is 0 Å². The van der Waals surface area contributed by atoms with E-state index in [4.69, 9.17) is 9.47 Å². The summed E-state index contributed by atoms with van der Waals surface area (Å²) < 4.78 is 12.7. The van der Waals surface area contributed by atoms with Crippen LogP contribution in [0.25, 0.3) is 0 Å². The highest BCUT2D eigenvalue weighted by Gasteiger charge is 2.17. The van der Waals surface area contributed by atoms with Crippen molar-refractivity contribution in [3.63, 3.8) is 0 Å². The Morgan fingerprint density at radius 1 is 1.29 bits per heavy atom. The Labute approximate surface area is 125 Å². The molecule has 2 rings (SSSR count). The molecule has 1 atom stereocenters. The Morgan fingerprint density at radius 2 is 2.14 bits per heavy atom. The molecule has 0 aliphatic carbocycles. The zero-order valence-corrected chi connectivity index (χ0v) is 12.9. The van der Waals surface area contributed by atoms with Crippen molar-refractivity contribution in [2.45, 2.75) is 25.9 Å². The molecule has 0 amide bonds. The van der Waals surface area contributed by atoms with E-state index >= 15 is 0 Å². The first-order valence-electron chi connectivity index (χ1n) is 7.21. The Hall–Kier alpha value is -2.01. The van der Waals surface area contributed by atoms with Gasteiger partial charge in [0.1, 0.15) is 11.5 Å². The summed E-state index contributed by atoms with van der Waals surface area (Å²) in [5, 5.41) is 7.84. The van der Waals surface area contributed by atoms with Gasteiger partial charge in [-0.25, -0.2) is 0 Å². The lowest BCUT2D eigenvalue weighted by atomic mass is 10.0. The molecule has 0 radical (unpaired) electrons. The summed E-state index contributed by atoms with van der Waals surface area (Å²) in [4.78, 5) is 0. The summed E-state index contributed by atoms with van der Waals surface area (Å²) in [5.41, 5.74) is 1.11. The van der Waals surface area contributed by atoms with Crippen molar-refractivity contribution in [1.82, 2.24) is 15.1 Å². The Bertz CT molecular complexity index is 540. The molecule has 0 spiro atoms. The topological polar surface area (TPSA) is 48.3 Å². The van der Waals surface area contributed by atoms with Crippen LogP contribution in [0.5, 0.6) is 11.5 Å². The lowest BCUT2D eigenvalue weighted by molar-refractivity contribution is 0.374. The fraction of sp³-hybridized carbons (Fsp3) is 0.438. The fourth-order valence-electron chi connectivity index (χ4n) is 2.29. The standard InChI is InChI=1S/C16H23N3O2/c1-4-8-17-15(12-19-10-5-9-18-19)14-7-6-13(20-2)11-16(14)21-3/h5-7,9-11,15,17H,4,8,12H2,1-3H3. The number of hydrogen-bond donors (Lipinski definition) is 1. The molecule has 0 fully saturated rings. The molecule has 5 heteroatoms. The Morgan fingerprint density at radius 3 is 2.76 bits per heavy atom. The van der Waals surface area contributed by atoms with Gasteiger partial charge in [-0.3, -0.25) is 4.68 Å². The molecule has 0 saturated heterocycles. The van der Waals surface area contributed by atoms with Crippen molar-refractivity contribution in [3.8, 4) is 11.5 Å². The third-order valence-corrected chi connectivity index (χ3v) is 3.39. The van der Waals surface area contributed by atoms with Crippen LogP contribution in [0.2, 0.25) is 0 Å².